The molecule has 0 saturated heterocycles. The maximum Gasteiger partial charge on any atom is 0.328 e. The van der Waals surface area contributed by atoms with Crippen molar-refractivity contribution in [1.29, 1.82) is 0 Å². The molecule has 20 heavy (non-hydrogen) atoms. The summed E-state index contributed by atoms with van der Waals surface area (Å²) in [7, 11) is 0. The summed E-state index contributed by atoms with van der Waals surface area (Å²) in [5.74, 6) is -0.283. The zero-order valence-corrected chi connectivity index (χ0v) is 11.4. The summed E-state index contributed by atoms with van der Waals surface area (Å²) >= 11 is 0. The number of carbonyl (C=O) groups is 1. The molecule has 0 radical (unpaired) electrons. The third-order valence-corrected chi connectivity index (χ3v) is 3.17. The Morgan fingerprint density at radius 3 is 2.75 bits per heavy atom. The van der Waals surface area contributed by atoms with Crippen LogP contribution >= 0.6 is 0 Å². The number of aliphatic carboxylic acids is 1. The Morgan fingerprint density at radius 1 is 1.35 bits per heavy atom. The molecular weight excluding hydrogens is 256 g/mol. The minimum absolute atomic E-state index is 0.375. The maximum atomic E-state index is 11.5. The first-order valence-electron chi connectivity index (χ1n) is 6.75. The molecule has 1 aromatic heterocycles. The van der Waals surface area contributed by atoms with Gasteiger partial charge in [-0.1, -0.05) is 43.7 Å². The second-order valence-corrected chi connectivity index (χ2v) is 4.69. The minimum atomic E-state index is -0.918. The number of nitrogens with zero attached hydrogens (tertiary/aromatic N) is 4. The number of hydrogen-bond acceptors (Lipinski definition) is 4. The van der Waals surface area contributed by atoms with Crippen LogP contribution in [0.3, 0.4) is 0 Å². The van der Waals surface area contributed by atoms with Crippen LogP contribution in [0.5, 0.6) is 0 Å². The Labute approximate surface area is 117 Å². The van der Waals surface area contributed by atoms with Gasteiger partial charge < -0.3 is 5.11 Å². The highest BCUT2D eigenvalue weighted by Gasteiger charge is 2.24. The summed E-state index contributed by atoms with van der Waals surface area (Å²) in [6.07, 6.45) is 3.03. The summed E-state index contributed by atoms with van der Waals surface area (Å²) in [5, 5.41) is 20.9. The first-order chi connectivity index (χ1) is 9.72. The van der Waals surface area contributed by atoms with E-state index in [0.717, 1.165) is 18.4 Å². The molecule has 0 bridgehead atoms. The van der Waals surface area contributed by atoms with Crippen LogP contribution < -0.4 is 0 Å². The first kappa shape index (κ1) is 14.2. The number of aryl methyl sites for hydroxylation is 1. The van der Waals surface area contributed by atoms with Crippen molar-refractivity contribution >= 4 is 5.97 Å². The molecule has 6 nitrogen and oxygen atoms in total. The number of unbranched alkanes of at least 4 members (excludes halogenated alkanes) is 1. The summed E-state index contributed by atoms with van der Waals surface area (Å²) in [6, 6.07) is 8.75. The number of hydrogen-bond donors (Lipinski definition) is 1. The van der Waals surface area contributed by atoms with Gasteiger partial charge in [-0.05, 0) is 22.4 Å². The van der Waals surface area contributed by atoms with Crippen LogP contribution in [0.2, 0.25) is 0 Å². The van der Waals surface area contributed by atoms with Gasteiger partial charge in [0.1, 0.15) is 0 Å². The standard InChI is InChI=1S/C14H18N4O2/c1-2-3-9-13-15-16-17-18(13)12(14(19)20)10-11-7-5-4-6-8-11/h4-8,12H,2-3,9-10H2,1H3,(H,19,20). The van der Waals surface area contributed by atoms with Crippen molar-refractivity contribution in [1.82, 2.24) is 20.2 Å². The monoisotopic (exact) mass is 274 g/mol. The Kier molecular flexibility index (Phi) is 4.81. The Bertz CT molecular complexity index is 553. The molecular formula is C14H18N4O2. The van der Waals surface area contributed by atoms with E-state index in [9.17, 15) is 9.90 Å². The highest BCUT2D eigenvalue weighted by molar-refractivity contribution is 5.72. The Hall–Kier alpha value is -2.24. The molecule has 1 N–H and O–H groups in total. The third kappa shape index (κ3) is 3.40. The zero-order chi connectivity index (χ0) is 14.4. The lowest BCUT2D eigenvalue weighted by Gasteiger charge is -2.14. The second-order valence-electron chi connectivity index (χ2n) is 4.69. The summed E-state index contributed by atoms with van der Waals surface area (Å²) < 4.78 is 1.44. The highest BCUT2D eigenvalue weighted by Crippen LogP contribution is 2.16. The fraction of sp³-hybridized carbons (Fsp3) is 0.429. The lowest BCUT2D eigenvalue weighted by atomic mass is 10.1. The van der Waals surface area contributed by atoms with Gasteiger partial charge in [0, 0.05) is 12.8 Å². The van der Waals surface area contributed by atoms with Gasteiger partial charge >= 0.3 is 5.97 Å². The van der Waals surface area contributed by atoms with E-state index in [-0.39, 0.29) is 0 Å². The van der Waals surface area contributed by atoms with E-state index in [4.69, 9.17) is 0 Å². The van der Waals surface area contributed by atoms with Crippen LogP contribution in [0.25, 0.3) is 0 Å². The van der Waals surface area contributed by atoms with Gasteiger partial charge in [0.2, 0.25) is 0 Å². The predicted octanol–water partition coefficient (Wildman–Crippen LogP) is 1.88. The van der Waals surface area contributed by atoms with Crippen molar-refractivity contribution in [3.63, 3.8) is 0 Å². The van der Waals surface area contributed by atoms with E-state index < -0.39 is 12.0 Å². The van der Waals surface area contributed by atoms with Gasteiger partial charge in [-0.3, -0.25) is 0 Å². The lowest BCUT2D eigenvalue weighted by Crippen LogP contribution is -2.24. The number of carboxylic acid groups (broad SMARTS) is 1. The quantitative estimate of drug-likeness (QED) is 0.833. The zero-order valence-electron chi connectivity index (χ0n) is 11.4. The number of benzene rings is 1. The average Bonchev–Trinajstić information content (AvgIpc) is 2.91. The van der Waals surface area contributed by atoms with Crippen molar-refractivity contribution in [3.05, 3.63) is 41.7 Å². The molecule has 0 aliphatic carbocycles. The number of aromatic nitrogens is 4. The van der Waals surface area contributed by atoms with Crippen LogP contribution in [-0.2, 0) is 17.6 Å². The molecule has 0 aliphatic heterocycles. The molecule has 1 aromatic carbocycles. The van der Waals surface area contributed by atoms with Gasteiger partial charge in [-0.25, -0.2) is 9.48 Å². The second kappa shape index (κ2) is 6.79. The van der Waals surface area contributed by atoms with Crippen LogP contribution in [0.1, 0.15) is 37.2 Å². The van der Waals surface area contributed by atoms with Gasteiger partial charge in [0.25, 0.3) is 0 Å². The van der Waals surface area contributed by atoms with Crippen molar-refractivity contribution in [2.24, 2.45) is 0 Å². The van der Waals surface area contributed by atoms with Crippen LogP contribution in [0.4, 0.5) is 0 Å². The van der Waals surface area contributed by atoms with E-state index in [1.807, 2.05) is 30.3 Å². The number of tetrazole rings is 1. The van der Waals surface area contributed by atoms with Gasteiger partial charge in [0.15, 0.2) is 11.9 Å². The predicted molar refractivity (Wildman–Crippen MR) is 73.2 cm³/mol. The SMILES string of the molecule is CCCCc1nnnn1C(Cc1ccccc1)C(=O)O. The summed E-state index contributed by atoms with van der Waals surface area (Å²) in [5.41, 5.74) is 0.955. The van der Waals surface area contributed by atoms with Crippen molar-refractivity contribution in [2.45, 2.75) is 38.6 Å². The molecule has 0 aliphatic rings. The smallest absolute Gasteiger partial charge is 0.328 e. The van der Waals surface area contributed by atoms with E-state index in [0.29, 0.717) is 18.7 Å². The normalized spacial score (nSPS) is 12.2. The van der Waals surface area contributed by atoms with Crippen molar-refractivity contribution in [2.75, 3.05) is 0 Å². The van der Waals surface area contributed by atoms with Gasteiger partial charge in [-0.2, -0.15) is 0 Å². The van der Waals surface area contributed by atoms with E-state index in [1.54, 1.807) is 0 Å². The maximum absolute atomic E-state index is 11.5. The molecule has 1 heterocycles. The van der Waals surface area contributed by atoms with Crippen LogP contribution in [0, 0.1) is 0 Å². The Balaban J connectivity index is 2.21. The van der Waals surface area contributed by atoms with Gasteiger partial charge in [-0.15, -0.1) is 5.10 Å². The molecule has 0 fully saturated rings. The van der Waals surface area contributed by atoms with E-state index >= 15 is 0 Å². The van der Waals surface area contributed by atoms with Gasteiger partial charge in [0.05, 0.1) is 0 Å². The Morgan fingerprint density at radius 2 is 2.10 bits per heavy atom. The molecule has 1 atom stereocenters. The highest BCUT2D eigenvalue weighted by atomic mass is 16.4. The molecule has 2 aromatic rings. The average molecular weight is 274 g/mol. The largest absolute Gasteiger partial charge is 0.480 e. The lowest BCUT2D eigenvalue weighted by molar-refractivity contribution is -0.141. The molecule has 1 unspecified atom stereocenters. The molecule has 106 valence electrons. The van der Waals surface area contributed by atoms with E-state index in [2.05, 4.69) is 22.4 Å². The fourth-order valence-corrected chi connectivity index (χ4v) is 2.07. The van der Waals surface area contributed by atoms with Crippen molar-refractivity contribution < 1.29 is 9.90 Å². The summed E-state index contributed by atoms with van der Waals surface area (Å²) in [4.78, 5) is 11.5. The minimum Gasteiger partial charge on any atom is -0.480 e. The number of rotatable bonds is 7. The topological polar surface area (TPSA) is 80.9 Å². The molecule has 2 rings (SSSR count). The summed E-state index contributed by atoms with van der Waals surface area (Å²) in [6.45, 7) is 2.08. The van der Waals surface area contributed by atoms with Crippen LogP contribution in [-0.4, -0.2) is 31.3 Å². The molecule has 0 spiro atoms. The molecule has 0 amide bonds. The molecule has 6 heteroatoms. The van der Waals surface area contributed by atoms with Crippen LogP contribution in [0.15, 0.2) is 30.3 Å². The van der Waals surface area contributed by atoms with E-state index in [1.165, 1.54) is 4.68 Å². The van der Waals surface area contributed by atoms with Crippen molar-refractivity contribution in [3.8, 4) is 0 Å². The first-order valence-corrected chi connectivity index (χ1v) is 6.75. The molecule has 0 saturated carbocycles. The number of carboxylic acids is 1. The third-order valence-electron chi connectivity index (χ3n) is 3.17. The fourth-order valence-electron chi connectivity index (χ4n) is 2.07.